The van der Waals surface area contributed by atoms with Crippen molar-refractivity contribution in [2.24, 2.45) is 28.6 Å². The van der Waals surface area contributed by atoms with E-state index in [1.54, 1.807) is 19.1 Å². The fraction of sp³-hybridized carbons (Fsp3) is 0.512. The summed E-state index contributed by atoms with van der Waals surface area (Å²) in [6.45, 7) is 20.3. The van der Waals surface area contributed by atoms with Gasteiger partial charge in [-0.3, -0.25) is 9.59 Å². The molecule has 0 aliphatic rings. The lowest BCUT2D eigenvalue weighted by atomic mass is 9.76. The number of phenolic OH excluding ortho intramolecular Hbond substituents is 1. The first-order valence-electron chi connectivity index (χ1n) is 18.1. The van der Waals surface area contributed by atoms with Crippen molar-refractivity contribution in [1.29, 1.82) is 0 Å². The average Bonchev–Trinajstić information content (AvgIpc) is 3.03. The molecule has 0 bridgehead atoms. The van der Waals surface area contributed by atoms with Crippen LogP contribution in [-0.4, -0.2) is 37.2 Å². The molecule has 3 aromatic carbocycles. The van der Waals surface area contributed by atoms with Gasteiger partial charge >= 0.3 is 0 Å². The molecule has 0 aromatic heterocycles. The number of nitrogens with one attached hydrogen (secondary N) is 2. The van der Waals surface area contributed by atoms with Gasteiger partial charge in [-0.1, -0.05) is 104 Å². The van der Waals surface area contributed by atoms with Gasteiger partial charge in [0.25, 0.3) is 5.91 Å². The van der Waals surface area contributed by atoms with Crippen LogP contribution in [0.2, 0.25) is 15.1 Å². The lowest BCUT2D eigenvalue weighted by Crippen LogP contribution is -2.34. The van der Waals surface area contributed by atoms with Crippen LogP contribution in [0.15, 0.2) is 59.5 Å². The Morgan fingerprint density at radius 2 is 1.42 bits per heavy atom. The Balaban J connectivity index is 1.70. The minimum Gasteiger partial charge on any atom is -0.506 e. The fourth-order valence-corrected chi connectivity index (χ4v) is 8.88. The number of hydrogen-bond donors (Lipinski definition) is 3. The van der Waals surface area contributed by atoms with Crippen LogP contribution in [0, 0.1) is 28.6 Å². The monoisotopic (exact) mass is 808 g/mol. The van der Waals surface area contributed by atoms with Gasteiger partial charge in [0.05, 0.1) is 37.9 Å². The molecule has 4 unspecified atom stereocenters. The number of benzene rings is 3. The molecule has 8 nitrogen and oxygen atoms in total. The van der Waals surface area contributed by atoms with Crippen LogP contribution in [-0.2, 0) is 14.6 Å². The third-order valence-electron chi connectivity index (χ3n) is 9.16. The highest BCUT2D eigenvalue weighted by atomic mass is 35.5. The first-order chi connectivity index (χ1) is 24.5. The van der Waals surface area contributed by atoms with Gasteiger partial charge in [-0.15, -0.1) is 0 Å². The highest BCUT2D eigenvalue weighted by molar-refractivity contribution is 7.92. The molecule has 12 heteroatoms. The second-order valence-electron chi connectivity index (χ2n) is 16.6. The Labute approximate surface area is 331 Å². The third kappa shape index (κ3) is 13.4. The number of phenols is 1. The van der Waals surface area contributed by atoms with E-state index in [0.717, 1.165) is 31.7 Å². The molecule has 0 heterocycles. The van der Waals surface area contributed by atoms with E-state index in [1.165, 1.54) is 36.4 Å². The molecule has 0 radical (unpaired) electrons. The summed E-state index contributed by atoms with van der Waals surface area (Å²) in [5, 5.41) is 14.7. The predicted molar refractivity (Wildman–Crippen MR) is 219 cm³/mol. The molecule has 292 valence electrons. The van der Waals surface area contributed by atoms with E-state index in [1.807, 2.05) is 0 Å². The van der Waals surface area contributed by atoms with Gasteiger partial charge in [0.1, 0.15) is 16.7 Å². The van der Waals surface area contributed by atoms with E-state index in [9.17, 15) is 23.1 Å². The summed E-state index contributed by atoms with van der Waals surface area (Å²) < 4.78 is 33.7. The normalized spacial score (nSPS) is 14.6. The van der Waals surface area contributed by atoms with E-state index in [4.69, 9.17) is 39.5 Å². The number of carbonyl (C=O) groups excluding carboxylic acids is 2. The summed E-state index contributed by atoms with van der Waals surface area (Å²) >= 11 is 18.3. The quantitative estimate of drug-likeness (QED) is 0.124. The maximum absolute atomic E-state index is 13.7. The van der Waals surface area contributed by atoms with Crippen LogP contribution < -0.4 is 15.4 Å². The van der Waals surface area contributed by atoms with Gasteiger partial charge in [0, 0.05) is 11.6 Å². The van der Waals surface area contributed by atoms with E-state index >= 15 is 0 Å². The number of carbonyl (C=O) groups is 2. The van der Waals surface area contributed by atoms with Crippen molar-refractivity contribution in [2.75, 3.05) is 17.2 Å². The van der Waals surface area contributed by atoms with Crippen molar-refractivity contribution >= 4 is 67.8 Å². The number of amides is 2. The maximum atomic E-state index is 13.7. The molecule has 0 saturated heterocycles. The Hall–Kier alpha value is -2.98. The van der Waals surface area contributed by atoms with Crippen LogP contribution >= 0.6 is 34.8 Å². The summed E-state index contributed by atoms with van der Waals surface area (Å²) in [6, 6.07) is 12.9. The van der Waals surface area contributed by atoms with Crippen molar-refractivity contribution < 1.29 is 27.9 Å². The minimum atomic E-state index is -4.12. The summed E-state index contributed by atoms with van der Waals surface area (Å²) in [5.74, 6) is 0.133. The molecule has 0 spiro atoms. The summed E-state index contributed by atoms with van der Waals surface area (Å²) in [4.78, 5) is 26.1. The first-order valence-corrected chi connectivity index (χ1v) is 20.7. The number of ether oxygens (including phenoxy) is 1. The van der Waals surface area contributed by atoms with E-state index in [-0.39, 0.29) is 54.2 Å². The van der Waals surface area contributed by atoms with Gasteiger partial charge in [-0.2, -0.15) is 0 Å². The second kappa shape index (κ2) is 18.6. The summed E-state index contributed by atoms with van der Waals surface area (Å²) in [7, 11) is -4.12. The zero-order valence-electron chi connectivity index (χ0n) is 32.3. The largest absolute Gasteiger partial charge is 0.506 e. The van der Waals surface area contributed by atoms with Gasteiger partial charge in [0.2, 0.25) is 5.91 Å². The highest BCUT2D eigenvalue weighted by Crippen LogP contribution is 2.36. The molecular weight excluding hydrogens is 755 g/mol. The molecule has 0 fully saturated rings. The molecule has 0 saturated carbocycles. The molecular formula is C41H55Cl3N2O6S. The first kappa shape index (κ1) is 44.4. The molecule has 3 rings (SSSR count). The van der Waals surface area contributed by atoms with Gasteiger partial charge in [0.15, 0.2) is 9.84 Å². The number of aromatic hydroxyl groups is 1. The fourth-order valence-electron chi connectivity index (χ4n) is 6.75. The zero-order valence-corrected chi connectivity index (χ0v) is 35.4. The second-order valence-corrected chi connectivity index (χ2v) is 19.9. The standard InChI is InChI=1S/C41H55Cl3N2O6S/c1-10-37(39(49)45-34-21-36(47)35(20-33(34)44)46-38(48)27-13-18-31(42)32(43)19-27)53(50,51)30-16-14-29(15-17-30)52-24-28(26(3)23-41(7,8)9)12-11-25(2)22-40(4,5)6/h13-21,25-26,28,37,47H,10-12,22-24H2,1-9H3,(H,45,49)(H,46,48). The minimum absolute atomic E-state index is 0.0187. The van der Waals surface area contributed by atoms with Crippen molar-refractivity contribution in [3.8, 4) is 11.5 Å². The average molecular weight is 810 g/mol. The van der Waals surface area contributed by atoms with Crippen LogP contribution in [0.5, 0.6) is 11.5 Å². The van der Waals surface area contributed by atoms with E-state index < -0.39 is 32.7 Å². The van der Waals surface area contributed by atoms with Crippen LogP contribution in [0.4, 0.5) is 11.4 Å². The summed E-state index contributed by atoms with van der Waals surface area (Å²) in [6.07, 6.45) is 4.37. The molecule has 2 amide bonds. The summed E-state index contributed by atoms with van der Waals surface area (Å²) in [5.41, 5.74) is 0.598. The highest BCUT2D eigenvalue weighted by Gasteiger charge is 2.33. The van der Waals surface area contributed by atoms with Crippen molar-refractivity contribution in [2.45, 2.75) is 105 Å². The van der Waals surface area contributed by atoms with Crippen LogP contribution in [0.3, 0.4) is 0 Å². The Kier molecular flexibility index (Phi) is 15.6. The predicted octanol–water partition coefficient (Wildman–Crippen LogP) is 11.7. The lowest BCUT2D eigenvalue weighted by Gasteiger charge is -2.31. The number of halogens is 3. The molecule has 3 aromatic rings. The van der Waals surface area contributed by atoms with E-state index in [0.29, 0.717) is 30.1 Å². The van der Waals surface area contributed by atoms with Crippen LogP contribution in [0.1, 0.15) is 105 Å². The number of rotatable bonds is 16. The third-order valence-corrected chi connectivity index (χ3v) is 12.4. The molecule has 53 heavy (non-hydrogen) atoms. The van der Waals surface area contributed by atoms with Crippen LogP contribution in [0.25, 0.3) is 0 Å². The number of anilines is 2. The van der Waals surface area contributed by atoms with Gasteiger partial charge < -0.3 is 20.5 Å². The lowest BCUT2D eigenvalue weighted by molar-refractivity contribution is -0.115. The van der Waals surface area contributed by atoms with Gasteiger partial charge in [-0.25, -0.2) is 8.42 Å². The van der Waals surface area contributed by atoms with Crippen molar-refractivity contribution in [3.63, 3.8) is 0 Å². The Morgan fingerprint density at radius 1 is 0.792 bits per heavy atom. The topological polar surface area (TPSA) is 122 Å². The van der Waals surface area contributed by atoms with Gasteiger partial charge in [-0.05, 0) is 103 Å². The molecule has 3 N–H and O–H groups in total. The molecule has 4 atom stereocenters. The molecule has 0 aliphatic heterocycles. The van der Waals surface area contributed by atoms with Crippen molar-refractivity contribution in [3.05, 3.63) is 75.2 Å². The number of hydrogen-bond acceptors (Lipinski definition) is 6. The zero-order chi connectivity index (χ0) is 39.9. The maximum Gasteiger partial charge on any atom is 0.255 e. The SMILES string of the molecule is CCC(C(=O)Nc1cc(O)c(NC(=O)c2ccc(Cl)c(Cl)c2)cc1Cl)S(=O)(=O)c1ccc(OCC(CCC(C)CC(C)(C)C)C(C)CC(C)(C)C)cc1. The molecule has 0 aliphatic carbocycles. The van der Waals surface area contributed by atoms with Crippen molar-refractivity contribution in [1.82, 2.24) is 0 Å². The Bertz CT molecular complexity index is 1840. The van der Waals surface area contributed by atoms with E-state index in [2.05, 4.69) is 66.0 Å². The number of sulfone groups is 1. The Morgan fingerprint density at radius 3 is 1.98 bits per heavy atom. The smallest absolute Gasteiger partial charge is 0.255 e.